The maximum atomic E-state index is 5.77. The predicted octanol–water partition coefficient (Wildman–Crippen LogP) is 3.18. The highest BCUT2D eigenvalue weighted by Gasteiger charge is 2.20. The molecule has 2 N–H and O–H groups in total. The van der Waals surface area contributed by atoms with Crippen LogP contribution in [-0.2, 0) is 5.41 Å². The van der Waals surface area contributed by atoms with Gasteiger partial charge in [0.25, 0.3) is 0 Å². The molecule has 0 aliphatic heterocycles. The molecule has 0 amide bonds. The van der Waals surface area contributed by atoms with Crippen molar-refractivity contribution in [2.45, 2.75) is 26.2 Å². The molecule has 0 atom stereocenters. The Morgan fingerprint density at radius 2 is 1.72 bits per heavy atom. The first-order chi connectivity index (χ1) is 8.38. The topological polar surface area (TPSA) is 64.7 Å². The van der Waals surface area contributed by atoms with Gasteiger partial charge in [-0.25, -0.2) is 4.98 Å². The van der Waals surface area contributed by atoms with Crippen molar-refractivity contribution in [2.24, 2.45) is 0 Å². The van der Waals surface area contributed by atoms with Crippen LogP contribution in [0.1, 0.15) is 26.6 Å². The van der Waals surface area contributed by atoms with E-state index in [4.69, 9.17) is 5.73 Å². The van der Waals surface area contributed by atoms with Gasteiger partial charge in [-0.15, -0.1) is 0 Å². The average molecular weight is 307 g/mol. The second-order valence-corrected chi connectivity index (χ2v) is 5.93. The number of nitrogens with zero attached hydrogens (tertiary/aromatic N) is 3. The summed E-state index contributed by atoms with van der Waals surface area (Å²) in [4.78, 5) is 12.9. The van der Waals surface area contributed by atoms with Crippen molar-refractivity contribution in [1.82, 2.24) is 15.0 Å². The Bertz CT molecular complexity index is 575. The van der Waals surface area contributed by atoms with Gasteiger partial charge in [-0.3, -0.25) is 0 Å². The van der Waals surface area contributed by atoms with Crippen molar-refractivity contribution < 1.29 is 0 Å². The normalized spacial score (nSPS) is 11.6. The molecular weight excluding hydrogens is 292 g/mol. The van der Waals surface area contributed by atoms with Gasteiger partial charge < -0.3 is 5.73 Å². The lowest BCUT2D eigenvalue weighted by Gasteiger charge is -2.17. The van der Waals surface area contributed by atoms with E-state index < -0.39 is 0 Å². The molecule has 0 aliphatic rings. The van der Waals surface area contributed by atoms with Crippen molar-refractivity contribution in [3.63, 3.8) is 0 Å². The summed E-state index contributed by atoms with van der Waals surface area (Å²) in [5.74, 6) is 1.54. The van der Waals surface area contributed by atoms with E-state index in [2.05, 4.69) is 30.9 Å². The number of nitrogens with two attached hydrogens (primary N) is 1. The van der Waals surface area contributed by atoms with Gasteiger partial charge in [0, 0.05) is 15.5 Å². The van der Waals surface area contributed by atoms with Gasteiger partial charge in [0.1, 0.15) is 5.82 Å². The quantitative estimate of drug-likeness (QED) is 0.879. The lowest BCUT2D eigenvalue weighted by atomic mass is 9.96. The minimum atomic E-state index is -0.160. The number of anilines is 1. The summed E-state index contributed by atoms with van der Waals surface area (Å²) in [6.07, 6.45) is 0. The molecule has 1 heterocycles. The Kier molecular flexibility index (Phi) is 3.34. The summed E-state index contributed by atoms with van der Waals surface area (Å²) in [5.41, 5.74) is 6.52. The molecule has 0 unspecified atom stereocenters. The first kappa shape index (κ1) is 13.0. The number of aromatic nitrogens is 3. The van der Waals surface area contributed by atoms with Crippen LogP contribution in [0.5, 0.6) is 0 Å². The van der Waals surface area contributed by atoms with E-state index in [0.717, 1.165) is 10.0 Å². The SMILES string of the molecule is CC(C)(C)c1nc(N)nc(-c2ccccc2Br)n1. The number of benzene rings is 1. The largest absolute Gasteiger partial charge is 0.368 e. The highest BCUT2D eigenvalue weighted by atomic mass is 79.9. The molecule has 0 aliphatic carbocycles. The van der Waals surface area contributed by atoms with E-state index in [1.165, 1.54) is 0 Å². The van der Waals surface area contributed by atoms with E-state index in [1.807, 2.05) is 45.0 Å². The summed E-state index contributed by atoms with van der Waals surface area (Å²) < 4.78 is 0.940. The van der Waals surface area contributed by atoms with Crippen LogP contribution in [0, 0.1) is 0 Å². The van der Waals surface area contributed by atoms with Gasteiger partial charge in [-0.1, -0.05) is 54.9 Å². The van der Waals surface area contributed by atoms with Crippen molar-refractivity contribution in [2.75, 3.05) is 5.73 Å². The molecule has 1 aromatic carbocycles. The fourth-order valence-corrected chi connectivity index (χ4v) is 1.95. The smallest absolute Gasteiger partial charge is 0.223 e. The maximum Gasteiger partial charge on any atom is 0.223 e. The standard InChI is InChI=1S/C13H15BrN4/c1-13(2,3)11-16-10(17-12(15)18-11)8-6-4-5-7-9(8)14/h4-7H,1-3H3,(H2,15,16,17,18). The van der Waals surface area contributed by atoms with Crippen LogP contribution in [0.4, 0.5) is 5.95 Å². The van der Waals surface area contributed by atoms with E-state index in [0.29, 0.717) is 11.6 Å². The molecule has 0 saturated heterocycles. The first-order valence-electron chi connectivity index (χ1n) is 5.65. The van der Waals surface area contributed by atoms with E-state index in [1.54, 1.807) is 0 Å². The van der Waals surface area contributed by atoms with Crippen LogP contribution in [-0.4, -0.2) is 15.0 Å². The van der Waals surface area contributed by atoms with Gasteiger partial charge in [0.15, 0.2) is 5.82 Å². The minimum Gasteiger partial charge on any atom is -0.368 e. The Morgan fingerprint density at radius 3 is 2.33 bits per heavy atom. The number of nitrogen functional groups attached to an aromatic ring is 1. The Hall–Kier alpha value is -1.49. The number of rotatable bonds is 1. The first-order valence-corrected chi connectivity index (χ1v) is 6.44. The van der Waals surface area contributed by atoms with Crippen molar-refractivity contribution >= 4 is 21.9 Å². The summed E-state index contributed by atoms with van der Waals surface area (Å²) in [7, 11) is 0. The van der Waals surface area contributed by atoms with Crippen molar-refractivity contribution in [3.8, 4) is 11.4 Å². The van der Waals surface area contributed by atoms with Gasteiger partial charge in [0.2, 0.25) is 5.95 Å². The Balaban J connectivity index is 2.60. The summed E-state index contributed by atoms with van der Waals surface area (Å²) in [6.45, 7) is 6.14. The molecule has 0 fully saturated rings. The molecule has 4 nitrogen and oxygen atoms in total. The molecule has 1 aromatic heterocycles. The second kappa shape index (κ2) is 4.65. The second-order valence-electron chi connectivity index (χ2n) is 5.07. The molecule has 94 valence electrons. The van der Waals surface area contributed by atoms with Gasteiger partial charge >= 0.3 is 0 Å². The molecular formula is C13H15BrN4. The monoisotopic (exact) mass is 306 g/mol. The highest BCUT2D eigenvalue weighted by molar-refractivity contribution is 9.10. The predicted molar refractivity (Wildman–Crippen MR) is 76.1 cm³/mol. The molecule has 2 rings (SSSR count). The highest BCUT2D eigenvalue weighted by Crippen LogP contribution is 2.27. The van der Waals surface area contributed by atoms with Gasteiger partial charge in [-0.2, -0.15) is 9.97 Å². The van der Waals surface area contributed by atoms with Crippen LogP contribution in [0.25, 0.3) is 11.4 Å². The lowest BCUT2D eigenvalue weighted by Crippen LogP contribution is -2.18. The molecule has 18 heavy (non-hydrogen) atoms. The Morgan fingerprint density at radius 1 is 1.06 bits per heavy atom. The third-order valence-electron chi connectivity index (χ3n) is 2.44. The zero-order chi connectivity index (χ0) is 13.3. The van der Waals surface area contributed by atoms with Crippen LogP contribution in [0.2, 0.25) is 0 Å². The average Bonchev–Trinajstić information content (AvgIpc) is 2.27. The van der Waals surface area contributed by atoms with Crippen LogP contribution in [0.15, 0.2) is 28.7 Å². The van der Waals surface area contributed by atoms with Crippen molar-refractivity contribution in [3.05, 3.63) is 34.6 Å². The fourth-order valence-electron chi connectivity index (χ4n) is 1.49. The molecule has 0 radical (unpaired) electrons. The van der Waals surface area contributed by atoms with Crippen LogP contribution >= 0.6 is 15.9 Å². The third-order valence-corrected chi connectivity index (χ3v) is 3.13. The van der Waals surface area contributed by atoms with Crippen molar-refractivity contribution in [1.29, 1.82) is 0 Å². The maximum absolute atomic E-state index is 5.77. The lowest BCUT2D eigenvalue weighted by molar-refractivity contribution is 0.544. The molecule has 0 bridgehead atoms. The zero-order valence-electron chi connectivity index (χ0n) is 10.6. The fraction of sp³-hybridized carbons (Fsp3) is 0.308. The number of hydrogen-bond donors (Lipinski definition) is 1. The van der Waals surface area contributed by atoms with Gasteiger partial charge in [-0.05, 0) is 6.07 Å². The zero-order valence-corrected chi connectivity index (χ0v) is 12.2. The number of halogens is 1. The van der Waals surface area contributed by atoms with Crippen LogP contribution < -0.4 is 5.73 Å². The van der Waals surface area contributed by atoms with Gasteiger partial charge in [0.05, 0.1) is 0 Å². The van der Waals surface area contributed by atoms with E-state index >= 15 is 0 Å². The van der Waals surface area contributed by atoms with Crippen LogP contribution in [0.3, 0.4) is 0 Å². The molecule has 2 aromatic rings. The third kappa shape index (κ3) is 2.67. The molecule has 5 heteroatoms. The van der Waals surface area contributed by atoms with E-state index in [-0.39, 0.29) is 11.4 Å². The Labute approximate surface area is 115 Å². The molecule has 0 saturated carbocycles. The number of hydrogen-bond acceptors (Lipinski definition) is 4. The summed E-state index contributed by atoms with van der Waals surface area (Å²) in [5, 5.41) is 0. The van der Waals surface area contributed by atoms with E-state index in [9.17, 15) is 0 Å². The molecule has 0 spiro atoms. The summed E-state index contributed by atoms with van der Waals surface area (Å²) >= 11 is 3.49. The minimum absolute atomic E-state index is 0.160. The summed E-state index contributed by atoms with van der Waals surface area (Å²) in [6, 6.07) is 7.79.